The van der Waals surface area contributed by atoms with Gasteiger partial charge in [0.05, 0.1) is 18.7 Å². The first kappa shape index (κ1) is 16.1. The Balaban J connectivity index is 1.77. The van der Waals surface area contributed by atoms with Crippen LogP contribution in [0.25, 0.3) is 6.08 Å². The van der Waals surface area contributed by atoms with E-state index in [2.05, 4.69) is 5.16 Å². The number of rotatable bonds is 5. The molecule has 2 aromatic rings. The molecule has 0 radical (unpaired) electrons. The second kappa shape index (κ2) is 6.78. The molecule has 1 aromatic heterocycles. The van der Waals surface area contributed by atoms with Crippen molar-refractivity contribution in [2.24, 2.45) is 0 Å². The Kier molecular flexibility index (Phi) is 4.55. The topological polar surface area (TPSA) is 64.8 Å². The molecule has 3 rings (SSSR count). The molecular weight excluding hydrogens is 308 g/mol. The van der Waals surface area contributed by atoms with Gasteiger partial charge in [0.15, 0.2) is 11.5 Å². The Labute approximate surface area is 140 Å². The van der Waals surface area contributed by atoms with E-state index in [-0.39, 0.29) is 12.5 Å². The molecule has 0 fully saturated rings. The third kappa shape index (κ3) is 3.27. The lowest BCUT2D eigenvalue weighted by Crippen LogP contribution is -2.30. The Morgan fingerprint density at radius 1 is 1.42 bits per heavy atom. The van der Waals surface area contributed by atoms with Crippen molar-refractivity contribution in [3.05, 3.63) is 46.9 Å². The number of hydrogen-bond acceptors (Lipinski definition) is 5. The van der Waals surface area contributed by atoms with E-state index in [1.807, 2.05) is 44.2 Å². The Morgan fingerprint density at radius 3 is 2.96 bits per heavy atom. The van der Waals surface area contributed by atoms with Crippen molar-refractivity contribution in [3.8, 4) is 11.5 Å². The zero-order valence-electron chi connectivity index (χ0n) is 14.0. The van der Waals surface area contributed by atoms with Gasteiger partial charge in [0.25, 0.3) is 5.91 Å². The van der Waals surface area contributed by atoms with Gasteiger partial charge >= 0.3 is 0 Å². The molecule has 1 aliphatic heterocycles. The van der Waals surface area contributed by atoms with Crippen LogP contribution in [0.2, 0.25) is 0 Å². The maximum atomic E-state index is 12.6. The fourth-order valence-electron chi connectivity index (χ4n) is 2.63. The highest BCUT2D eigenvalue weighted by Gasteiger charge is 2.23. The Bertz CT molecular complexity index is 779. The molecule has 1 aliphatic rings. The molecule has 1 aromatic carbocycles. The average Bonchev–Trinajstić information content (AvgIpc) is 2.99. The second-order valence-corrected chi connectivity index (χ2v) is 5.66. The molecule has 0 bridgehead atoms. The van der Waals surface area contributed by atoms with Gasteiger partial charge in [-0.1, -0.05) is 17.3 Å². The molecule has 0 saturated heterocycles. The molecule has 1 amide bonds. The number of amides is 1. The summed E-state index contributed by atoms with van der Waals surface area (Å²) < 4.78 is 16.4. The van der Waals surface area contributed by atoms with Crippen LogP contribution in [0.5, 0.6) is 11.5 Å². The van der Waals surface area contributed by atoms with E-state index in [9.17, 15) is 4.79 Å². The minimum Gasteiger partial charge on any atom is -0.490 e. The highest BCUT2D eigenvalue weighted by Crippen LogP contribution is 2.36. The first-order chi connectivity index (χ1) is 11.6. The number of hydrogen-bond donors (Lipinski definition) is 0. The number of aryl methyl sites for hydroxylation is 1. The Hall–Kier alpha value is -2.76. The SMILES string of the molecule is CCOc1cccc2c1OCC(C(=O)N(C)Cc1cc(C)on1)=C2. The number of para-hydroxylation sites is 1. The number of likely N-dealkylation sites (N-methyl/N-ethyl adjacent to an activating group) is 1. The molecule has 0 unspecified atom stereocenters. The van der Waals surface area contributed by atoms with Gasteiger partial charge in [-0.2, -0.15) is 0 Å². The van der Waals surface area contributed by atoms with Crippen molar-refractivity contribution in [1.29, 1.82) is 0 Å². The number of nitrogens with zero attached hydrogens (tertiary/aromatic N) is 2. The fourth-order valence-corrected chi connectivity index (χ4v) is 2.63. The van der Waals surface area contributed by atoms with Crippen molar-refractivity contribution in [3.63, 3.8) is 0 Å². The van der Waals surface area contributed by atoms with Gasteiger partial charge in [-0.3, -0.25) is 4.79 Å². The van der Waals surface area contributed by atoms with Crippen molar-refractivity contribution >= 4 is 12.0 Å². The molecule has 0 N–H and O–H groups in total. The minimum atomic E-state index is -0.0943. The van der Waals surface area contributed by atoms with Crippen LogP contribution in [0.1, 0.15) is 23.9 Å². The van der Waals surface area contributed by atoms with E-state index in [4.69, 9.17) is 14.0 Å². The van der Waals surface area contributed by atoms with Gasteiger partial charge in [-0.15, -0.1) is 0 Å². The molecule has 126 valence electrons. The van der Waals surface area contributed by atoms with Gasteiger partial charge in [0.1, 0.15) is 18.1 Å². The molecule has 24 heavy (non-hydrogen) atoms. The Morgan fingerprint density at radius 2 is 2.25 bits per heavy atom. The number of carbonyl (C=O) groups excluding carboxylic acids is 1. The van der Waals surface area contributed by atoms with E-state index >= 15 is 0 Å². The van der Waals surface area contributed by atoms with Gasteiger partial charge in [-0.05, 0) is 26.0 Å². The molecule has 0 spiro atoms. The summed E-state index contributed by atoms with van der Waals surface area (Å²) in [6, 6.07) is 7.48. The number of fused-ring (bicyclic) bond motifs is 1. The summed E-state index contributed by atoms with van der Waals surface area (Å²) in [6.45, 7) is 4.92. The zero-order chi connectivity index (χ0) is 17.1. The van der Waals surface area contributed by atoms with Crippen LogP contribution >= 0.6 is 0 Å². The number of aromatic nitrogens is 1. The van der Waals surface area contributed by atoms with Gasteiger partial charge in [-0.25, -0.2) is 0 Å². The smallest absolute Gasteiger partial charge is 0.253 e. The largest absolute Gasteiger partial charge is 0.490 e. The maximum Gasteiger partial charge on any atom is 0.253 e. The number of ether oxygens (including phenoxy) is 2. The lowest BCUT2D eigenvalue weighted by molar-refractivity contribution is -0.126. The minimum absolute atomic E-state index is 0.0943. The molecule has 0 saturated carbocycles. The summed E-state index contributed by atoms with van der Waals surface area (Å²) in [5, 5.41) is 3.92. The van der Waals surface area contributed by atoms with Crippen molar-refractivity contribution in [2.75, 3.05) is 20.3 Å². The highest BCUT2D eigenvalue weighted by molar-refractivity contribution is 5.99. The summed E-state index contributed by atoms with van der Waals surface area (Å²) in [7, 11) is 1.74. The zero-order valence-corrected chi connectivity index (χ0v) is 14.0. The molecule has 6 heteroatoms. The quantitative estimate of drug-likeness (QED) is 0.844. The fraction of sp³-hybridized carbons (Fsp3) is 0.333. The first-order valence-electron chi connectivity index (χ1n) is 7.85. The van der Waals surface area contributed by atoms with E-state index in [0.29, 0.717) is 30.2 Å². The summed E-state index contributed by atoms with van der Waals surface area (Å²) in [6.07, 6.45) is 1.86. The van der Waals surface area contributed by atoms with E-state index in [1.54, 1.807) is 11.9 Å². The van der Waals surface area contributed by atoms with Crippen molar-refractivity contribution in [2.45, 2.75) is 20.4 Å². The van der Waals surface area contributed by atoms with Gasteiger partial charge in [0.2, 0.25) is 0 Å². The van der Waals surface area contributed by atoms with Crippen molar-refractivity contribution < 1.29 is 18.8 Å². The monoisotopic (exact) mass is 328 g/mol. The molecule has 6 nitrogen and oxygen atoms in total. The highest BCUT2D eigenvalue weighted by atomic mass is 16.5. The van der Waals surface area contributed by atoms with Gasteiger partial charge in [0, 0.05) is 18.7 Å². The maximum absolute atomic E-state index is 12.6. The standard InChI is InChI=1S/C18H20N2O4/c1-4-22-16-7-5-6-13-9-14(11-23-17(13)16)18(21)20(3)10-15-8-12(2)24-19-15/h5-9H,4,10-11H2,1-3H3. The van der Waals surface area contributed by atoms with Crippen LogP contribution in [0.3, 0.4) is 0 Å². The predicted octanol–water partition coefficient (Wildman–Crippen LogP) is 2.82. The summed E-state index contributed by atoms with van der Waals surface area (Å²) in [5.41, 5.74) is 2.17. The third-order valence-electron chi connectivity index (χ3n) is 3.71. The summed E-state index contributed by atoms with van der Waals surface area (Å²) >= 11 is 0. The molecule has 2 heterocycles. The van der Waals surface area contributed by atoms with E-state index in [1.165, 1.54) is 0 Å². The predicted molar refractivity (Wildman–Crippen MR) is 88.8 cm³/mol. The summed E-state index contributed by atoms with van der Waals surface area (Å²) in [5.74, 6) is 2.02. The van der Waals surface area contributed by atoms with Gasteiger partial charge < -0.3 is 18.9 Å². The van der Waals surface area contributed by atoms with Crippen LogP contribution in [-0.2, 0) is 11.3 Å². The van der Waals surface area contributed by atoms with E-state index < -0.39 is 0 Å². The average molecular weight is 328 g/mol. The normalized spacial score (nSPS) is 12.9. The van der Waals surface area contributed by atoms with Crippen molar-refractivity contribution in [1.82, 2.24) is 10.1 Å². The van der Waals surface area contributed by atoms with Crippen LogP contribution < -0.4 is 9.47 Å². The first-order valence-corrected chi connectivity index (χ1v) is 7.85. The number of carbonyl (C=O) groups is 1. The molecule has 0 aliphatic carbocycles. The summed E-state index contributed by atoms with van der Waals surface area (Å²) in [4.78, 5) is 14.2. The lowest BCUT2D eigenvalue weighted by atomic mass is 10.1. The molecular formula is C18H20N2O4. The van der Waals surface area contributed by atoms with Crippen LogP contribution in [0.15, 0.2) is 34.4 Å². The lowest BCUT2D eigenvalue weighted by Gasteiger charge is -2.23. The van der Waals surface area contributed by atoms with Crippen LogP contribution in [-0.4, -0.2) is 36.2 Å². The second-order valence-electron chi connectivity index (χ2n) is 5.66. The van der Waals surface area contributed by atoms with Crippen LogP contribution in [0, 0.1) is 6.92 Å². The van der Waals surface area contributed by atoms with E-state index in [0.717, 1.165) is 17.0 Å². The third-order valence-corrected chi connectivity index (χ3v) is 3.71. The molecule has 0 atom stereocenters. The number of benzene rings is 1. The van der Waals surface area contributed by atoms with Crippen LogP contribution in [0.4, 0.5) is 0 Å².